The van der Waals surface area contributed by atoms with Gasteiger partial charge in [0, 0.05) is 84.6 Å². The summed E-state index contributed by atoms with van der Waals surface area (Å²) in [5.41, 5.74) is 6.95. The monoisotopic (exact) mass is 667 g/mol. The average molecular weight is 668 g/mol. The van der Waals surface area contributed by atoms with Crippen molar-refractivity contribution in [2.24, 2.45) is 10.4 Å². The zero-order valence-corrected chi connectivity index (χ0v) is 30.3. The molecule has 0 spiro atoms. The lowest BCUT2D eigenvalue weighted by atomic mass is 9.82. The smallest absolute Gasteiger partial charge is 0.414 e. The summed E-state index contributed by atoms with van der Waals surface area (Å²) in [4.78, 5) is 40.5. The average Bonchev–Trinajstić information content (AvgIpc) is 3.86. The van der Waals surface area contributed by atoms with Crippen LogP contribution >= 0.6 is 0 Å². The SMILES string of the molecule is Cc1cc(C)cc(-c2n[nH]c(CC(C)(C)C(=O)N3C4CCC3CC4)c2C(C)CN=C(NC(=O)OC(C)C)N2CCC(c3ccncc3)C2)c1. The highest BCUT2D eigenvalue weighted by Gasteiger charge is 2.46. The van der Waals surface area contributed by atoms with Gasteiger partial charge in [0.05, 0.1) is 11.8 Å². The largest absolute Gasteiger partial charge is 0.447 e. The van der Waals surface area contributed by atoms with Gasteiger partial charge in [0.25, 0.3) is 0 Å². The number of alkyl carbamates (subject to hydrolysis) is 1. The molecule has 49 heavy (non-hydrogen) atoms. The maximum Gasteiger partial charge on any atom is 0.414 e. The van der Waals surface area contributed by atoms with E-state index in [1.165, 1.54) is 16.7 Å². The second-order valence-electron chi connectivity index (χ2n) is 15.4. The van der Waals surface area contributed by atoms with Crippen LogP contribution in [0.1, 0.15) is 107 Å². The lowest BCUT2D eigenvalue weighted by Crippen LogP contribution is -2.44. The molecule has 2 unspecified atom stereocenters. The summed E-state index contributed by atoms with van der Waals surface area (Å²) in [7, 11) is 0. The van der Waals surface area contributed by atoms with Crippen molar-refractivity contribution in [3.05, 3.63) is 70.7 Å². The van der Waals surface area contributed by atoms with Gasteiger partial charge in [-0.25, -0.2) is 4.79 Å². The minimum atomic E-state index is -0.597. The molecular weight excluding hydrogens is 614 g/mol. The van der Waals surface area contributed by atoms with Crippen molar-refractivity contribution in [2.45, 2.75) is 117 Å². The maximum atomic E-state index is 14.1. The molecule has 10 heteroatoms. The Morgan fingerprint density at radius 3 is 2.31 bits per heavy atom. The number of fused-ring (bicyclic) bond motifs is 2. The van der Waals surface area contributed by atoms with Crippen molar-refractivity contribution < 1.29 is 14.3 Å². The van der Waals surface area contributed by atoms with Gasteiger partial charge < -0.3 is 14.5 Å². The predicted molar refractivity (Wildman–Crippen MR) is 193 cm³/mol. The molecule has 3 fully saturated rings. The number of rotatable bonds is 9. The number of H-pyrrole nitrogens is 1. The lowest BCUT2D eigenvalue weighted by molar-refractivity contribution is -0.141. The molecule has 262 valence electrons. The normalized spacial score (nSPS) is 21.5. The number of amides is 2. The van der Waals surface area contributed by atoms with Crippen molar-refractivity contribution in [2.75, 3.05) is 19.6 Å². The number of ether oxygens (including phenoxy) is 1. The molecule has 5 heterocycles. The molecule has 1 aromatic carbocycles. The third-order valence-corrected chi connectivity index (χ3v) is 10.5. The van der Waals surface area contributed by atoms with E-state index in [4.69, 9.17) is 14.8 Å². The number of likely N-dealkylation sites (tertiary alicyclic amines) is 1. The molecule has 2 bridgehead atoms. The number of nitrogens with one attached hydrogen (secondary N) is 2. The summed E-state index contributed by atoms with van der Waals surface area (Å²) in [5, 5.41) is 11.2. The zero-order valence-electron chi connectivity index (χ0n) is 30.3. The number of carbonyl (C=O) groups excluding carboxylic acids is 2. The van der Waals surface area contributed by atoms with Gasteiger partial charge in [0.2, 0.25) is 11.9 Å². The standard InChI is InChI=1S/C39H53N7O3/c1-24(2)49-38(48)42-37(45-17-14-29(23-45)28-12-15-40-16-13-28)41-22-27(5)34-33(43-44-35(34)30-19-25(3)18-26(4)20-30)21-39(6,7)36(47)46-31-8-9-32(46)11-10-31/h12-13,15-16,18-20,24,27,29,31-32H,8-11,14,17,21-23H2,1-7H3,(H,43,44)(H,41,42,48). The van der Waals surface area contributed by atoms with Crippen LogP contribution in [-0.2, 0) is 16.0 Å². The van der Waals surface area contributed by atoms with E-state index in [1.807, 2.05) is 26.2 Å². The summed E-state index contributed by atoms with van der Waals surface area (Å²) < 4.78 is 5.47. The minimum absolute atomic E-state index is 0.0602. The molecule has 2 aromatic heterocycles. The molecule has 0 saturated carbocycles. The number of hydrogen-bond donors (Lipinski definition) is 2. The summed E-state index contributed by atoms with van der Waals surface area (Å²) in [5.74, 6) is 1.02. The number of carbonyl (C=O) groups is 2. The van der Waals surface area contributed by atoms with Crippen molar-refractivity contribution in [1.29, 1.82) is 0 Å². The number of hydrogen-bond acceptors (Lipinski definition) is 6. The van der Waals surface area contributed by atoms with Crippen LogP contribution in [0.3, 0.4) is 0 Å². The number of aliphatic imine (C=N–C) groups is 1. The number of guanidine groups is 1. The molecule has 2 N–H and O–H groups in total. The highest BCUT2D eigenvalue weighted by molar-refractivity contribution is 5.94. The first-order valence-corrected chi connectivity index (χ1v) is 18.0. The molecule has 0 radical (unpaired) electrons. The number of aromatic nitrogens is 3. The van der Waals surface area contributed by atoms with Gasteiger partial charge in [-0.2, -0.15) is 5.10 Å². The second kappa shape index (κ2) is 14.3. The Morgan fingerprint density at radius 1 is 1.02 bits per heavy atom. The van der Waals surface area contributed by atoms with Crippen molar-refractivity contribution in [3.63, 3.8) is 0 Å². The Labute approximate surface area is 291 Å². The van der Waals surface area contributed by atoms with E-state index in [2.05, 4.69) is 90.1 Å². The van der Waals surface area contributed by atoms with Gasteiger partial charge in [-0.3, -0.25) is 25.2 Å². The minimum Gasteiger partial charge on any atom is -0.447 e. The molecule has 3 aliphatic rings. The van der Waals surface area contributed by atoms with Crippen molar-refractivity contribution in [1.82, 2.24) is 30.3 Å². The number of benzene rings is 1. The molecule has 3 saturated heterocycles. The molecule has 2 amide bonds. The van der Waals surface area contributed by atoms with Gasteiger partial charge >= 0.3 is 6.09 Å². The summed E-state index contributed by atoms with van der Waals surface area (Å²) in [6, 6.07) is 11.4. The number of pyridine rings is 1. The first-order chi connectivity index (χ1) is 23.4. The van der Waals surface area contributed by atoms with E-state index >= 15 is 0 Å². The maximum absolute atomic E-state index is 14.1. The lowest BCUT2D eigenvalue weighted by Gasteiger charge is -2.32. The van der Waals surface area contributed by atoms with Gasteiger partial charge in [-0.1, -0.05) is 38.0 Å². The molecule has 10 nitrogen and oxygen atoms in total. The summed E-state index contributed by atoms with van der Waals surface area (Å²) in [6.07, 6.45) is 8.87. The Bertz CT molecular complexity index is 1640. The number of aryl methyl sites for hydroxylation is 2. The summed E-state index contributed by atoms with van der Waals surface area (Å²) in [6.45, 7) is 16.1. The Hall–Kier alpha value is -4.21. The van der Waals surface area contributed by atoms with E-state index in [0.717, 1.165) is 67.7 Å². The molecule has 0 aliphatic carbocycles. The fourth-order valence-corrected chi connectivity index (χ4v) is 8.22. The van der Waals surface area contributed by atoms with E-state index in [1.54, 1.807) is 0 Å². The second-order valence-corrected chi connectivity index (χ2v) is 15.4. The van der Waals surface area contributed by atoms with Crippen LogP contribution in [0.2, 0.25) is 0 Å². The quantitative estimate of drug-likeness (QED) is 0.190. The molecule has 6 rings (SSSR count). The third kappa shape index (κ3) is 7.68. The first kappa shape index (κ1) is 34.6. The number of nitrogens with zero attached hydrogens (tertiary/aromatic N) is 5. The van der Waals surface area contributed by atoms with Crippen LogP contribution < -0.4 is 5.32 Å². The molecule has 2 atom stereocenters. The van der Waals surface area contributed by atoms with Gasteiger partial charge in [-0.15, -0.1) is 0 Å². The predicted octanol–water partition coefficient (Wildman–Crippen LogP) is 6.89. The van der Waals surface area contributed by atoms with Crippen molar-refractivity contribution in [3.8, 4) is 11.3 Å². The van der Waals surface area contributed by atoms with Crippen LogP contribution in [-0.4, -0.2) is 80.8 Å². The van der Waals surface area contributed by atoms with Crippen LogP contribution in [0.15, 0.2) is 47.7 Å². The van der Waals surface area contributed by atoms with Gasteiger partial charge in [0.15, 0.2) is 0 Å². The Kier molecular flexibility index (Phi) is 10.1. The fourth-order valence-electron chi connectivity index (χ4n) is 8.22. The third-order valence-electron chi connectivity index (χ3n) is 10.5. The first-order valence-electron chi connectivity index (χ1n) is 18.0. The van der Waals surface area contributed by atoms with Crippen molar-refractivity contribution >= 4 is 18.0 Å². The highest BCUT2D eigenvalue weighted by Crippen LogP contribution is 2.42. The van der Waals surface area contributed by atoms with Crippen LogP contribution in [0.4, 0.5) is 4.79 Å². The van der Waals surface area contributed by atoms with Crippen LogP contribution in [0.25, 0.3) is 11.3 Å². The van der Waals surface area contributed by atoms with Gasteiger partial charge in [0.1, 0.15) is 0 Å². The summed E-state index contributed by atoms with van der Waals surface area (Å²) >= 11 is 0. The van der Waals surface area contributed by atoms with Crippen LogP contribution in [0.5, 0.6) is 0 Å². The topological polar surface area (TPSA) is 116 Å². The molecule has 3 aromatic rings. The van der Waals surface area contributed by atoms with E-state index in [-0.39, 0.29) is 17.9 Å². The number of aromatic amines is 1. The van der Waals surface area contributed by atoms with E-state index in [9.17, 15) is 9.59 Å². The Morgan fingerprint density at radius 2 is 1.67 bits per heavy atom. The Balaban J connectivity index is 1.30. The molecular formula is C39H53N7O3. The van der Waals surface area contributed by atoms with Crippen LogP contribution in [0, 0.1) is 19.3 Å². The van der Waals surface area contributed by atoms with E-state index < -0.39 is 11.5 Å². The van der Waals surface area contributed by atoms with E-state index in [0.29, 0.717) is 36.9 Å². The van der Waals surface area contributed by atoms with Gasteiger partial charge in [-0.05, 0) is 89.6 Å². The highest BCUT2D eigenvalue weighted by atomic mass is 16.6. The fraction of sp³-hybridized carbons (Fsp3) is 0.564. The molecule has 3 aliphatic heterocycles. The zero-order chi connectivity index (χ0) is 34.9.